The lowest BCUT2D eigenvalue weighted by molar-refractivity contribution is -0.119. The molecule has 0 saturated carbocycles. The molecule has 8 heteroatoms. The number of anilines is 1. The topological polar surface area (TPSA) is 81.7 Å². The number of halogens is 1. The monoisotopic (exact) mass is 487 g/mol. The molecule has 6 nitrogen and oxygen atoms in total. The molecule has 2 aromatic carbocycles. The van der Waals surface area contributed by atoms with Crippen LogP contribution in [0, 0.1) is 0 Å². The van der Waals surface area contributed by atoms with Crippen LogP contribution in [0.2, 0.25) is 0 Å². The first-order valence-corrected chi connectivity index (χ1v) is 10.7. The van der Waals surface area contributed by atoms with Gasteiger partial charge >= 0.3 is 11.9 Å². The lowest BCUT2D eigenvalue weighted by Crippen LogP contribution is -2.21. The first kappa shape index (κ1) is 21.7. The lowest BCUT2D eigenvalue weighted by atomic mass is 10.0. The molecule has 0 aliphatic heterocycles. The number of amides is 1. The van der Waals surface area contributed by atoms with Crippen LogP contribution in [-0.2, 0) is 14.3 Å². The van der Waals surface area contributed by atoms with Crippen molar-refractivity contribution in [3.63, 3.8) is 0 Å². The summed E-state index contributed by atoms with van der Waals surface area (Å²) in [6, 6.07) is 15.9. The Morgan fingerprint density at radius 1 is 0.967 bits per heavy atom. The van der Waals surface area contributed by atoms with Crippen molar-refractivity contribution in [2.75, 3.05) is 18.5 Å². The lowest BCUT2D eigenvalue weighted by Gasteiger charge is -2.09. The maximum Gasteiger partial charge on any atom is 0.341 e. The second-order valence-electron chi connectivity index (χ2n) is 6.07. The molecule has 1 heterocycles. The Morgan fingerprint density at radius 3 is 2.33 bits per heavy atom. The third-order valence-corrected chi connectivity index (χ3v) is 5.45. The fourth-order valence-electron chi connectivity index (χ4n) is 2.65. The highest BCUT2D eigenvalue weighted by atomic mass is 79.9. The Bertz CT molecular complexity index is 1050. The zero-order valence-corrected chi connectivity index (χ0v) is 18.4. The molecule has 1 amide bonds. The number of carbonyl (C=O) groups is 3. The van der Waals surface area contributed by atoms with Gasteiger partial charge in [0.1, 0.15) is 10.6 Å². The van der Waals surface area contributed by atoms with Gasteiger partial charge in [0.05, 0.1) is 12.2 Å². The standard InChI is InChI=1S/C22H18BrNO5S/c1-2-28-22(27)19-17(14-6-4-3-5-7-14)13-30-20(19)24-18(25)12-29-21(26)15-8-10-16(23)11-9-15/h3-11,13H,2,12H2,1H3,(H,24,25). The van der Waals surface area contributed by atoms with Crippen molar-refractivity contribution < 1.29 is 23.9 Å². The number of benzene rings is 2. The number of rotatable bonds is 7. The zero-order chi connectivity index (χ0) is 21.5. The molecular formula is C22H18BrNO5S. The molecule has 0 atom stereocenters. The predicted molar refractivity (Wildman–Crippen MR) is 119 cm³/mol. The molecular weight excluding hydrogens is 470 g/mol. The van der Waals surface area contributed by atoms with E-state index in [-0.39, 0.29) is 12.2 Å². The maximum absolute atomic E-state index is 12.5. The van der Waals surface area contributed by atoms with E-state index in [1.807, 2.05) is 30.3 Å². The van der Waals surface area contributed by atoms with Gasteiger partial charge in [-0.15, -0.1) is 11.3 Å². The second kappa shape index (κ2) is 10.2. The van der Waals surface area contributed by atoms with Gasteiger partial charge in [0.25, 0.3) is 5.91 Å². The van der Waals surface area contributed by atoms with E-state index in [0.717, 1.165) is 10.0 Å². The van der Waals surface area contributed by atoms with Gasteiger partial charge in [0.2, 0.25) is 0 Å². The van der Waals surface area contributed by atoms with Gasteiger partial charge in [-0.1, -0.05) is 46.3 Å². The number of thiophene rings is 1. The van der Waals surface area contributed by atoms with Crippen LogP contribution in [0.5, 0.6) is 0 Å². The van der Waals surface area contributed by atoms with Crippen molar-refractivity contribution in [3.8, 4) is 11.1 Å². The summed E-state index contributed by atoms with van der Waals surface area (Å²) in [6.07, 6.45) is 0. The van der Waals surface area contributed by atoms with Gasteiger partial charge in [0.15, 0.2) is 6.61 Å². The number of esters is 2. The molecule has 1 N–H and O–H groups in total. The van der Waals surface area contributed by atoms with Crippen LogP contribution in [-0.4, -0.2) is 31.1 Å². The molecule has 0 aliphatic rings. The zero-order valence-electron chi connectivity index (χ0n) is 16.0. The fourth-order valence-corrected chi connectivity index (χ4v) is 3.89. The molecule has 0 saturated heterocycles. The summed E-state index contributed by atoms with van der Waals surface area (Å²) in [7, 11) is 0. The molecule has 0 radical (unpaired) electrons. The van der Waals surface area contributed by atoms with Crippen LogP contribution in [0.1, 0.15) is 27.6 Å². The molecule has 0 aliphatic carbocycles. The van der Waals surface area contributed by atoms with Crippen molar-refractivity contribution in [2.24, 2.45) is 0 Å². The van der Waals surface area contributed by atoms with Gasteiger partial charge < -0.3 is 14.8 Å². The van der Waals surface area contributed by atoms with Gasteiger partial charge in [-0.25, -0.2) is 9.59 Å². The SMILES string of the molecule is CCOC(=O)c1c(-c2ccccc2)csc1NC(=O)COC(=O)c1ccc(Br)cc1. The molecule has 3 rings (SSSR count). The van der Waals surface area contributed by atoms with Gasteiger partial charge in [-0.2, -0.15) is 0 Å². The highest BCUT2D eigenvalue weighted by Gasteiger charge is 2.23. The molecule has 0 bridgehead atoms. The minimum absolute atomic E-state index is 0.209. The molecule has 1 aromatic heterocycles. The third-order valence-electron chi connectivity index (χ3n) is 4.02. The number of hydrogen-bond donors (Lipinski definition) is 1. The Morgan fingerprint density at radius 2 is 1.67 bits per heavy atom. The number of hydrogen-bond acceptors (Lipinski definition) is 6. The minimum atomic E-state index is -0.612. The Balaban J connectivity index is 1.73. The highest BCUT2D eigenvalue weighted by Crippen LogP contribution is 2.36. The van der Waals surface area contributed by atoms with Crippen LogP contribution in [0.25, 0.3) is 11.1 Å². The van der Waals surface area contributed by atoms with Gasteiger partial charge in [0, 0.05) is 15.4 Å². The highest BCUT2D eigenvalue weighted by molar-refractivity contribution is 9.10. The van der Waals surface area contributed by atoms with Crippen LogP contribution < -0.4 is 5.32 Å². The summed E-state index contributed by atoms with van der Waals surface area (Å²) in [6.45, 7) is 1.45. The summed E-state index contributed by atoms with van der Waals surface area (Å²) < 4.78 is 11.1. The fraction of sp³-hybridized carbons (Fsp3) is 0.136. The number of nitrogens with one attached hydrogen (secondary N) is 1. The summed E-state index contributed by atoms with van der Waals surface area (Å²) in [5.41, 5.74) is 2.11. The quantitative estimate of drug-likeness (QED) is 0.466. The van der Waals surface area contributed by atoms with Gasteiger partial charge in [-0.05, 0) is 36.8 Å². The average Bonchev–Trinajstić information content (AvgIpc) is 3.17. The van der Waals surface area contributed by atoms with E-state index in [1.165, 1.54) is 11.3 Å². The average molecular weight is 488 g/mol. The summed E-state index contributed by atoms with van der Waals surface area (Å²) in [5.74, 6) is -1.69. The molecule has 0 spiro atoms. The van der Waals surface area contributed by atoms with Gasteiger partial charge in [-0.3, -0.25) is 4.79 Å². The largest absolute Gasteiger partial charge is 0.462 e. The summed E-state index contributed by atoms with van der Waals surface area (Å²) >= 11 is 4.50. The first-order valence-electron chi connectivity index (χ1n) is 9.06. The predicted octanol–water partition coefficient (Wildman–Crippen LogP) is 5.15. The molecule has 3 aromatic rings. The Labute approximate surface area is 186 Å². The number of ether oxygens (including phenoxy) is 2. The number of carbonyl (C=O) groups excluding carboxylic acids is 3. The van der Waals surface area contributed by atoms with E-state index in [9.17, 15) is 14.4 Å². The second-order valence-corrected chi connectivity index (χ2v) is 7.87. The van der Waals surface area contributed by atoms with Crippen LogP contribution in [0.3, 0.4) is 0 Å². The molecule has 0 unspecified atom stereocenters. The van der Waals surface area contributed by atoms with Crippen LogP contribution >= 0.6 is 27.3 Å². The smallest absolute Gasteiger partial charge is 0.341 e. The van der Waals surface area contributed by atoms with E-state index >= 15 is 0 Å². The van der Waals surface area contributed by atoms with Crippen molar-refractivity contribution in [2.45, 2.75) is 6.92 Å². The normalized spacial score (nSPS) is 10.3. The van der Waals surface area contributed by atoms with Crippen molar-refractivity contribution >= 4 is 50.1 Å². The van der Waals surface area contributed by atoms with Crippen molar-refractivity contribution in [3.05, 3.63) is 75.6 Å². The van der Waals surface area contributed by atoms with Crippen molar-refractivity contribution in [1.82, 2.24) is 0 Å². The molecule has 154 valence electrons. The van der Waals surface area contributed by atoms with E-state index in [4.69, 9.17) is 9.47 Å². The summed E-state index contributed by atoms with van der Waals surface area (Å²) in [5, 5.41) is 4.78. The van der Waals surface area contributed by atoms with Crippen molar-refractivity contribution in [1.29, 1.82) is 0 Å². The molecule has 30 heavy (non-hydrogen) atoms. The Hall–Kier alpha value is -2.97. The first-order chi connectivity index (χ1) is 14.5. The molecule has 0 fully saturated rings. The van der Waals surface area contributed by atoms with E-state index in [1.54, 1.807) is 36.6 Å². The third kappa shape index (κ3) is 5.34. The maximum atomic E-state index is 12.5. The Kier molecular flexibility index (Phi) is 7.37. The van der Waals surface area contributed by atoms with Crippen LogP contribution in [0.15, 0.2) is 64.5 Å². The van der Waals surface area contributed by atoms with E-state index < -0.39 is 24.5 Å². The minimum Gasteiger partial charge on any atom is -0.462 e. The van der Waals surface area contributed by atoms with Crippen LogP contribution in [0.4, 0.5) is 5.00 Å². The van der Waals surface area contributed by atoms with E-state index in [2.05, 4.69) is 21.2 Å². The van der Waals surface area contributed by atoms with E-state index in [0.29, 0.717) is 16.1 Å². The summed E-state index contributed by atoms with van der Waals surface area (Å²) in [4.78, 5) is 36.9.